The Morgan fingerprint density at radius 2 is 2.33 bits per heavy atom. The Morgan fingerprint density at radius 3 is 3.14 bits per heavy atom. The fourth-order valence-corrected chi connectivity index (χ4v) is 3.49. The zero-order chi connectivity index (χ0) is 14.1. The molecule has 2 aliphatic rings. The van der Waals surface area contributed by atoms with Crippen molar-refractivity contribution in [2.45, 2.75) is 25.8 Å². The molecule has 5 heteroatoms. The minimum absolute atomic E-state index is 0.602. The van der Waals surface area contributed by atoms with Crippen molar-refractivity contribution in [3.05, 3.63) is 24.2 Å². The van der Waals surface area contributed by atoms with Crippen LogP contribution in [0.3, 0.4) is 0 Å². The summed E-state index contributed by atoms with van der Waals surface area (Å²) >= 11 is 0. The minimum Gasteiger partial charge on any atom is -0.381 e. The third-order valence-electron chi connectivity index (χ3n) is 4.68. The molecule has 5 nitrogen and oxygen atoms in total. The smallest absolute Gasteiger partial charge is 0.159 e. The molecule has 4 rings (SSSR count). The number of aromatic nitrogens is 3. The van der Waals surface area contributed by atoms with Crippen LogP contribution in [0, 0.1) is 11.8 Å². The molecule has 4 heterocycles. The van der Waals surface area contributed by atoms with Gasteiger partial charge in [-0.1, -0.05) is 0 Å². The minimum atomic E-state index is 0.602. The van der Waals surface area contributed by atoms with Crippen molar-refractivity contribution in [1.82, 2.24) is 19.9 Å². The molecule has 0 spiro atoms. The second-order valence-electron chi connectivity index (χ2n) is 6.28. The van der Waals surface area contributed by atoms with Gasteiger partial charge in [0.2, 0.25) is 0 Å². The van der Waals surface area contributed by atoms with Gasteiger partial charge in [0.15, 0.2) is 5.65 Å². The zero-order valence-electron chi connectivity index (χ0n) is 12.3. The predicted molar refractivity (Wildman–Crippen MR) is 81.1 cm³/mol. The quantitative estimate of drug-likeness (QED) is 0.928. The van der Waals surface area contributed by atoms with Crippen LogP contribution in [-0.4, -0.2) is 40.8 Å². The van der Waals surface area contributed by atoms with Crippen LogP contribution in [0.1, 0.15) is 18.7 Å². The second kappa shape index (κ2) is 5.73. The van der Waals surface area contributed by atoms with E-state index in [0.717, 1.165) is 56.9 Å². The van der Waals surface area contributed by atoms with Gasteiger partial charge in [-0.3, -0.25) is 0 Å². The maximum Gasteiger partial charge on any atom is 0.159 e. The fourth-order valence-electron chi connectivity index (χ4n) is 3.49. The molecule has 2 unspecified atom stereocenters. The van der Waals surface area contributed by atoms with Crippen molar-refractivity contribution in [2.75, 3.05) is 26.3 Å². The van der Waals surface area contributed by atoms with E-state index in [0.29, 0.717) is 11.8 Å². The molecule has 0 bridgehead atoms. The number of hydrogen-bond acceptors (Lipinski definition) is 4. The molecule has 112 valence electrons. The first-order valence-corrected chi connectivity index (χ1v) is 7.99. The molecule has 1 N–H and O–H groups in total. The summed E-state index contributed by atoms with van der Waals surface area (Å²) in [5.41, 5.74) is 2.06. The Labute approximate surface area is 124 Å². The molecule has 2 aromatic heterocycles. The van der Waals surface area contributed by atoms with Crippen LogP contribution in [0.2, 0.25) is 0 Å². The van der Waals surface area contributed by atoms with Gasteiger partial charge in [-0.2, -0.15) is 0 Å². The molecule has 2 aromatic rings. The first-order chi connectivity index (χ1) is 10.4. The molecule has 2 atom stereocenters. The highest BCUT2D eigenvalue weighted by atomic mass is 16.5. The van der Waals surface area contributed by atoms with E-state index in [1.165, 1.54) is 12.2 Å². The van der Waals surface area contributed by atoms with Crippen molar-refractivity contribution in [2.24, 2.45) is 11.8 Å². The van der Waals surface area contributed by atoms with Crippen LogP contribution in [0.4, 0.5) is 0 Å². The normalized spacial score (nSPS) is 25.9. The largest absolute Gasteiger partial charge is 0.381 e. The van der Waals surface area contributed by atoms with E-state index in [4.69, 9.17) is 9.72 Å². The monoisotopic (exact) mass is 286 g/mol. The van der Waals surface area contributed by atoms with Crippen LogP contribution < -0.4 is 5.32 Å². The number of pyridine rings is 1. The second-order valence-corrected chi connectivity index (χ2v) is 6.28. The lowest BCUT2D eigenvalue weighted by Crippen LogP contribution is -2.17. The topological polar surface area (TPSA) is 52.0 Å². The molecule has 0 radical (unpaired) electrons. The highest BCUT2D eigenvalue weighted by Gasteiger charge is 2.23. The molecule has 0 amide bonds. The molecule has 0 aromatic carbocycles. The molecule has 0 aliphatic carbocycles. The molecule has 2 aliphatic heterocycles. The van der Waals surface area contributed by atoms with E-state index in [1.807, 2.05) is 12.3 Å². The highest BCUT2D eigenvalue weighted by molar-refractivity contribution is 5.71. The van der Waals surface area contributed by atoms with Crippen molar-refractivity contribution < 1.29 is 4.74 Å². The van der Waals surface area contributed by atoms with Gasteiger partial charge in [0, 0.05) is 31.7 Å². The molecule has 2 saturated heterocycles. The third-order valence-corrected chi connectivity index (χ3v) is 4.68. The number of fused-ring (bicyclic) bond motifs is 1. The molecular weight excluding hydrogens is 264 g/mol. The lowest BCUT2D eigenvalue weighted by Gasteiger charge is -2.14. The van der Waals surface area contributed by atoms with Crippen LogP contribution in [0.25, 0.3) is 11.2 Å². The summed E-state index contributed by atoms with van der Waals surface area (Å²) in [6.07, 6.45) is 5.32. The molecule has 2 fully saturated rings. The van der Waals surface area contributed by atoms with E-state index in [-0.39, 0.29) is 0 Å². The van der Waals surface area contributed by atoms with Gasteiger partial charge in [0.05, 0.1) is 6.61 Å². The van der Waals surface area contributed by atoms with Crippen LogP contribution >= 0.6 is 0 Å². The van der Waals surface area contributed by atoms with Gasteiger partial charge in [-0.25, -0.2) is 9.97 Å². The summed E-state index contributed by atoms with van der Waals surface area (Å²) in [7, 11) is 0. The zero-order valence-corrected chi connectivity index (χ0v) is 12.3. The standard InChI is InChI=1S/C16H22N4O/c1-2-14-16(18-5-1)20(10-13-4-7-21-11-13)15(19-14)8-12-3-6-17-9-12/h1-2,5,12-13,17H,3-4,6-11H2. The number of nitrogens with zero attached hydrogens (tertiary/aromatic N) is 3. The first-order valence-electron chi connectivity index (χ1n) is 7.99. The van der Waals surface area contributed by atoms with Crippen molar-refractivity contribution in [3.63, 3.8) is 0 Å². The molecule has 21 heavy (non-hydrogen) atoms. The van der Waals surface area contributed by atoms with Crippen LogP contribution in [-0.2, 0) is 17.7 Å². The molecular formula is C16H22N4O. The number of hydrogen-bond donors (Lipinski definition) is 1. The Balaban J connectivity index is 1.65. The third kappa shape index (κ3) is 2.68. The Morgan fingerprint density at radius 1 is 1.33 bits per heavy atom. The summed E-state index contributed by atoms with van der Waals surface area (Å²) in [4.78, 5) is 9.41. The van der Waals surface area contributed by atoms with Crippen molar-refractivity contribution in [1.29, 1.82) is 0 Å². The Kier molecular flexibility index (Phi) is 3.61. The predicted octanol–water partition coefficient (Wildman–Crippen LogP) is 1.62. The van der Waals surface area contributed by atoms with E-state index in [9.17, 15) is 0 Å². The average molecular weight is 286 g/mol. The SMILES string of the molecule is c1cnc2c(c1)nc(CC1CCNC1)n2CC1CCOC1. The van der Waals surface area contributed by atoms with Gasteiger partial charge in [0.25, 0.3) is 0 Å². The fraction of sp³-hybridized carbons (Fsp3) is 0.625. The van der Waals surface area contributed by atoms with E-state index in [1.54, 1.807) is 0 Å². The summed E-state index contributed by atoms with van der Waals surface area (Å²) in [5, 5.41) is 3.45. The van der Waals surface area contributed by atoms with Gasteiger partial charge < -0.3 is 14.6 Å². The summed E-state index contributed by atoms with van der Waals surface area (Å²) in [6.45, 7) is 5.01. The summed E-state index contributed by atoms with van der Waals surface area (Å²) in [5.74, 6) is 2.51. The lowest BCUT2D eigenvalue weighted by atomic mass is 10.0. The van der Waals surface area contributed by atoms with Gasteiger partial charge in [-0.15, -0.1) is 0 Å². The van der Waals surface area contributed by atoms with Crippen molar-refractivity contribution in [3.8, 4) is 0 Å². The van der Waals surface area contributed by atoms with Crippen LogP contribution in [0.15, 0.2) is 18.3 Å². The number of nitrogens with one attached hydrogen (secondary N) is 1. The maximum atomic E-state index is 5.53. The summed E-state index contributed by atoms with van der Waals surface area (Å²) in [6, 6.07) is 4.04. The average Bonchev–Trinajstić information content (AvgIpc) is 3.23. The van der Waals surface area contributed by atoms with Gasteiger partial charge >= 0.3 is 0 Å². The molecule has 0 saturated carbocycles. The summed E-state index contributed by atoms with van der Waals surface area (Å²) < 4.78 is 7.87. The Bertz CT molecular complexity index is 612. The van der Waals surface area contributed by atoms with Crippen LogP contribution in [0.5, 0.6) is 0 Å². The Hall–Kier alpha value is -1.46. The number of rotatable bonds is 4. The van der Waals surface area contributed by atoms with Gasteiger partial charge in [-0.05, 0) is 44.0 Å². The highest BCUT2D eigenvalue weighted by Crippen LogP contribution is 2.23. The number of imidazole rings is 1. The lowest BCUT2D eigenvalue weighted by molar-refractivity contribution is 0.182. The van der Waals surface area contributed by atoms with E-state index in [2.05, 4.69) is 20.9 Å². The maximum absolute atomic E-state index is 5.53. The first kappa shape index (κ1) is 13.2. The van der Waals surface area contributed by atoms with Gasteiger partial charge in [0.1, 0.15) is 11.3 Å². The van der Waals surface area contributed by atoms with E-state index >= 15 is 0 Å². The number of ether oxygens (including phenoxy) is 1. The van der Waals surface area contributed by atoms with E-state index < -0.39 is 0 Å². The van der Waals surface area contributed by atoms with Crippen molar-refractivity contribution >= 4 is 11.2 Å².